The minimum Gasteiger partial charge on any atom is -0.489 e. The summed E-state index contributed by atoms with van der Waals surface area (Å²) in [5.74, 6) is 2.65. The first-order valence-electron chi connectivity index (χ1n) is 11.0. The van der Waals surface area contributed by atoms with Gasteiger partial charge in [-0.05, 0) is 56.2 Å². The highest BCUT2D eigenvalue weighted by Gasteiger charge is 2.27. The van der Waals surface area contributed by atoms with Crippen LogP contribution in [0.25, 0.3) is 0 Å². The molecule has 1 unspecified atom stereocenters. The molecule has 2 heterocycles. The van der Waals surface area contributed by atoms with Crippen molar-refractivity contribution in [1.82, 2.24) is 0 Å². The van der Waals surface area contributed by atoms with Gasteiger partial charge >= 0.3 is 0 Å². The van der Waals surface area contributed by atoms with Crippen molar-refractivity contribution >= 4 is 17.1 Å². The predicted octanol–water partition coefficient (Wildman–Crippen LogP) is 5.65. The van der Waals surface area contributed by atoms with E-state index in [4.69, 9.17) is 9.47 Å². The highest BCUT2D eigenvalue weighted by molar-refractivity contribution is 5.77. The van der Waals surface area contributed by atoms with Crippen LogP contribution in [0, 0.1) is 6.92 Å². The summed E-state index contributed by atoms with van der Waals surface area (Å²) in [7, 11) is 2.09. The molecule has 1 fully saturated rings. The van der Waals surface area contributed by atoms with Gasteiger partial charge in [0.15, 0.2) is 5.75 Å². The summed E-state index contributed by atoms with van der Waals surface area (Å²) in [5, 5.41) is 3.55. The summed E-state index contributed by atoms with van der Waals surface area (Å²) in [6, 6.07) is 22.7. The normalized spacial score (nSPS) is 17.4. The van der Waals surface area contributed by atoms with Gasteiger partial charge in [0.05, 0.1) is 17.1 Å². The van der Waals surface area contributed by atoms with Crippen molar-refractivity contribution in [2.45, 2.75) is 25.9 Å². The van der Waals surface area contributed by atoms with E-state index in [1.54, 1.807) is 0 Å². The van der Waals surface area contributed by atoms with E-state index >= 15 is 0 Å². The van der Waals surface area contributed by atoms with Gasteiger partial charge in [-0.15, -0.1) is 0 Å². The van der Waals surface area contributed by atoms with Crippen molar-refractivity contribution in [3.8, 4) is 17.2 Å². The Balaban J connectivity index is 1.29. The number of benzene rings is 3. The summed E-state index contributed by atoms with van der Waals surface area (Å²) in [6.07, 6.45) is 2.56. The lowest BCUT2D eigenvalue weighted by Gasteiger charge is -2.23. The van der Waals surface area contributed by atoms with Gasteiger partial charge in [-0.25, -0.2) is 0 Å². The molecule has 160 valence electrons. The molecule has 0 amide bonds. The van der Waals surface area contributed by atoms with Crippen LogP contribution in [0.5, 0.6) is 17.2 Å². The summed E-state index contributed by atoms with van der Waals surface area (Å²) in [4.78, 5) is 4.62. The number of rotatable bonds is 6. The third-order valence-corrected chi connectivity index (χ3v) is 6.11. The van der Waals surface area contributed by atoms with Gasteiger partial charge in [-0.2, -0.15) is 0 Å². The molecule has 5 heteroatoms. The van der Waals surface area contributed by atoms with Crippen molar-refractivity contribution in [3.05, 3.63) is 72.3 Å². The van der Waals surface area contributed by atoms with Crippen LogP contribution >= 0.6 is 0 Å². The number of hydrogen-bond donors (Lipinski definition) is 1. The molecular weight excluding hydrogens is 386 g/mol. The Morgan fingerprint density at radius 2 is 1.65 bits per heavy atom. The van der Waals surface area contributed by atoms with E-state index < -0.39 is 0 Å². The zero-order valence-corrected chi connectivity index (χ0v) is 18.2. The second-order valence-corrected chi connectivity index (χ2v) is 8.34. The van der Waals surface area contributed by atoms with Crippen LogP contribution in [0.4, 0.5) is 17.1 Å². The average Bonchev–Trinajstić information content (AvgIpc) is 3.43. The van der Waals surface area contributed by atoms with Gasteiger partial charge in [0.25, 0.3) is 0 Å². The van der Waals surface area contributed by atoms with Crippen molar-refractivity contribution in [2.24, 2.45) is 0 Å². The van der Waals surface area contributed by atoms with Gasteiger partial charge in [0.2, 0.25) is 0 Å². The highest BCUT2D eigenvalue weighted by atomic mass is 16.5. The number of likely N-dealkylation sites (N-methyl/N-ethyl adjacent to an activating group) is 1. The Kier molecular flexibility index (Phi) is 5.33. The number of aryl methyl sites for hydroxylation is 1. The summed E-state index contributed by atoms with van der Waals surface area (Å²) < 4.78 is 12.3. The van der Waals surface area contributed by atoms with E-state index in [0.717, 1.165) is 41.7 Å². The number of nitrogens with zero attached hydrogens (tertiary/aromatic N) is 2. The quantitative estimate of drug-likeness (QED) is 0.563. The molecule has 1 N–H and O–H groups in total. The molecular formula is C26H29N3O2. The molecule has 5 rings (SSSR count). The molecule has 2 aliphatic heterocycles. The van der Waals surface area contributed by atoms with E-state index in [1.165, 1.54) is 24.1 Å². The van der Waals surface area contributed by atoms with Gasteiger partial charge in [0, 0.05) is 26.2 Å². The number of para-hydroxylation sites is 2. The van der Waals surface area contributed by atoms with Crippen molar-refractivity contribution < 1.29 is 9.47 Å². The average molecular weight is 416 g/mol. The number of nitrogens with one attached hydrogen (secondary N) is 1. The molecule has 5 nitrogen and oxygen atoms in total. The zero-order valence-electron chi connectivity index (χ0n) is 18.2. The molecule has 0 aliphatic carbocycles. The van der Waals surface area contributed by atoms with Crippen LogP contribution in [0.2, 0.25) is 0 Å². The maximum atomic E-state index is 6.34. The summed E-state index contributed by atoms with van der Waals surface area (Å²) in [5.41, 5.74) is 4.62. The number of ether oxygens (including phenoxy) is 2. The number of anilines is 3. The maximum absolute atomic E-state index is 6.34. The largest absolute Gasteiger partial charge is 0.489 e. The first-order valence-corrected chi connectivity index (χ1v) is 11.0. The first-order chi connectivity index (χ1) is 15.2. The smallest absolute Gasteiger partial charge is 0.150 e. The van der Waals surface area contributed by atoms with E-state index in [0.29, 0.717) is 6.61 Å². The predicted molar refractivity (Wildman–Crippen MR) is 127 cm³/mol. The van der Waals surface area contributed by atoms with Crippen LogP contribution in [0.15, 0.2) is 66.7 Å². The Morgan fingerprint density at radius 3 is 2.45 bits per heavy atom. The Labute approximate surface area is 184 Å². The fraction of sp³-hybridized carbons (Fsp3) is 0.308. The highest BCUT2D eigenvalue weighted by Crippen LogP contribution is 2.40. The standard InChI is InChI=1S/C26H29N3O2/c1-19-9-11-20(12-10-19)30-18-26-27-22-14-13-21(17-24(22)28(26)2)31-25-8-4-3-7-23(25)29-15-5-6-16-29/h3-4,7-14,17,26-27H,5-6,15-16,18H2,1-2H3. The summed E-state index contributed by atoms with van der Waals surface area (Å²) in [6.45, 7) is 4.83. The number of hydrogen-bond acceptors (Lipinski definition) is 5. The van der Waals surface area contributed by atoms with Crippen molar-refractivity contribution in [2.75, 3.05) is 41.9 Å². The van der Waals surface area contributed by atoms with E-state index in [1.807, 2.05) is 24.3 Å². The van der Waals surface area contributed by atoms with Crippen LogP contribution in [0.1, 0.15) is 18.4 Å². The second-order valence-electron chi connectivity index (χ2n) is 8.34. The molecule has 1 atom stereocenters. The lowest BCUT2D eigenvalue weighted by Crippen LogP contribution is -2.37. The third-order valence-electron chi connectivity index (χ3n) is 6.11. The number of fused-ring (bicyclic) bond motifs is 1. The molecule has 31 heavy (non-hydrogen) atoms. The van der Waals surface area contributed by atoms with Crippen LogP contribution < -0.4 is 24.6 Å². The molecule has 0 radical (unpaired) electrons. The Hall–Kier alpha value is -3.34. The molecule has 0 saturated carbocycles. The zero-order chi connectivity index (χ0) is 21.2. The monoisotopic (exact) mass is 415 g/mol. The van der Waals surface area contributed by atoms with Crippen LogP contribution in [0.3, 0.4) is 0 Å². The van der Waals surface area contributed by atoms with E-state index in [2.05, 4.69) is 71.6 Å². The van der Waals surface area contributed by atoms with E-state index in [9.17, 15) is 0 Å². The van der Waals surface area contributed by atoms with Crippen LogP contribution in [-0.4, -0.2) is 32.9 Å². The summed E-state index contributed by atoms with van der Waals surface area (Å²) >= 11 is 0. The minimum absolute atomic E-state index is 0.0726. The lowest BCUT2D eigenvalue weighted by atomic mass is 10.2. The molecule has 2 aliphatic rings. The molecule has 0 aromatic heterocycles. The second kappa shape index (κ2) is 8.42. The van der Waals surface area contributed by atoms with Gasteiger partial charge in [-0.1, -0.05) is 29.8 Å². The van der Waals surface area contributed by atoms with Crippen molar-refractivity contribution in [1.29, 1.82) is 0 Å². The molecule has 1 saturated heterocycles. The Bertz CT molecular complexity index is 1040. The van der Waals surface area contributed by atoms with Gasteiger partial charge < -0.3 is 24.6 Å². The van der Waals surface area contributed by atoms with Gasteiger partial charge in [-0.3, -0.25) is 0 Å². The molecule has 3 aromatic carbocycles. The fourth-order valence-electron chi connectivity index (χ4n) is 4.29. The van der Waals surface area contributed by atoms with Crippen LogP contribution in [-0.2, 0) is 0 Å². The molecule has 0 bridgehead atoms. The SMILES string of the molecule is Cc1ccc(OCC2Nc3ccc(Oc4ccccc4N4CCCC4)cc3N2C)cc1. The molecule has 3 aromatic rings. The third kappa shape index (κ3) is 4.13. The van der Waals surface area contributed by atoms with E-state index in [-0.39, 0.29) is 6.17 Å². The lowest BCUT2D eigenvalue weighted by molar-refractivity contribution is 0.298. The van der Waals surface area contributed by atoms with Crippen molar-refractivity contribution in [3.63, 3.8) is 0 Å². The van der Waals surface area contributed by atoms with Gasteiger partial charge in [0.1, 0.15) is 24.3 Å². The molecule has 0 spiro atoms. The fourth-order valence-corrected chi connectivity index (χ4v) is 4.29. The maximum Gasteiger partial charge on any atom is 0.150 e. The first kappa shape index (κ1) is 19.6. The minimum atomic E-state index is 0.0726. The topological polar surface area (TPSA) is 37.0 Å². The Morgan fingerprint density at radius 1 is 0.903 bits per heavy atom.